The number of aromatic nitrogens is 4. The van der Waals surface area contributed by atoms with Crippen molar-refractivity contribution >= 4 is 30.5 Å². The minimum absolute atomic E-state index is 0.0887. The molecule has 21 nitrogen and oxygen atoms in total. The lowest BCUT2D eigenvalue weighted by Gasteiger charge is -2.46. The van der Waals surface area contributed by atoms with Gasteiger partial charge in [-0.05, 0) is 39.8 Å². The first-order valence-corrected chi connectivity index (χ1v) is 19.4. The minimum Gasteiger partial charge on any atom is -0.462 e. The normalized spacial score (nSPS) is 30.8. The third-order valence-electron chi connectivity index (χ3n) is 8.76. The summed E-state index contributed by atoms with van der Waals surface area (Å²) >= 11 is 0. The summed E-state index contributed by atoms with van der Waals surface area (Å²) in [5.74, 6) is -0.216. The molecule has 55 heavy (non-hydrogen) atoms. The van der Waals surface area contributed by atoms with Crippen molar-refractivity contribution in [3.8, 4) is 5.75 Å². The Balaban J connectivity index is 1.24. The fraction of sp³-hybridized carbons (Fsp3) is 0.636. The first kappa shape index (κ1) is 42.7. The number of imidazole rings is 1. The molecule has 1 aromatic carbocycles. The maximum atomic E-state index is 14.0. The molecule has 0 amide bonds. The van der Waals surface area contributed by atoms with E-state index in [0.29, 0.717) is 11.4 Å². The molecule has 13 atom stereocenters. The quantitative estimate of drug-likeness (QED) is 0.0550. The van der Waals surface area contributed by atoms with Gasteiger partial charge in [-0.3, -0.25) is 9.36 Å². The van der Waals surface area contributed by atoms with Crippen LogP contribution in [0.2, 0.25) is 0 Å². The summed E-state index contributed by atoms with van der Waals surface area (Å²) in [4.78, 5) is 25.4. The van der Waals surface area contributed by atoms with E-state index >= 15 is 0 Å². The van der Waals surface area contributed by atoms with Crippen LogP contribution in [0.5, 0.6) is 5.75 Å². The van der Waals surface area contributed by atoms with Crippen molar-refractivity contribution in [3.05, 3.63) is 43.0 Å². The Labute approximate surface area is 315 Å². The van der Waals surface area contributed by atoms with E-state index in [1.807, 2.05) is 0 Å². The van der Waals surface area contributed by atoms with Gasteiger partial charge in [-0.2, -0.15) is 0 Å². The van der Waals surface area contributed by atoms with Crippen LogP contribution < -0.4 is 14.9 Å². The molecule has 2 aliphatic rings. The van der Waals surface area contributed by atoms with E-state index in [-0.39, 0.29) is 24.0 Å². The van der Waals surface area contributed by atoms with Crippen molar-refractivity contribution < 1.29 is 73.3 Å². The van der Waals surface area contributed by atoms with Crippen molar-refractivity contribution in [2.75, 3.05) is 24.9 Å². The van der Waals surface area contributed by atoms with Crippen molar-refractivity contribution in [2.45, 2.75) is 114 Å². The largest absolute Gasteiger partial charge is 0.462 e. The van der Waals surface area contributed by atoms with E-state index in [1.165, 1.54) is 19.6 Å². The number of benzene rings is 1. The molecule has 2 aliphatic heterocycles. The van der Waals surface area contributed by atoms with Crippen LogP contribution in [-0.2, 0) is 39.6 Å². The van der Waals surface area contributed by atoms with Gasteiger partial charge in [-0.15, -0.1) is 0 Å². The standard InChI is InChI=1S/C33H49N6O15P/c1-16(2)50-32(47)18(4)38-55(48,54-19-8-6-5-7-9-19)15-49-17(3)10-39-14-36-22-29(34-13-35-30(22)39)37-31-26(45)25(44)28(21(12-41)51-31)53-33-27(46)24(43)23(42)20(11-40)52-33/h5-9,13-14,16-18,20-21,23-28,31,33,40-46H,10-12,15H2,1-4H3,(H,38,48)(H,34,35,37)/t17-,18?,20-,21-,23+,24?,25+,26-,27-,28-,31+,33+,55+/m1/s1. The number of rotatable bonds is 17. The topological polar surface area (TPSA) is 299 Å². The van der Waals surface area contributed by atoms with E-state index in [1.54, 1.807) is 55.7 Å². The average molecular weight is 801 g/mol. The zero-order valence-electron chi connectivity index (χ0n) is 30.5. The van der Waals surface area contributed by atoms with Crippen LogP contribution in [0.25, 0.3) is 11.2 Å². The highest BCUT2D eigenvalue weighted by molar-refractivity contribution is 7.57. The lowest BCUT2D eigenvalue weighted by atomic mass is 9.96. The van der Waals surface area contributed by atoms with E-state index < -0.39 is 107 Å². The fourth-order valence-corrected chi connectivity index (χ4v) is 7.73. The van der Waals surface area contributed by atoms with Gasteiger partial charge < -0.3 is 73.8 Å². The first-order chi connectivity index (χ1) is 26.1. The molecular weight excluding hydrogens is 751 g/mol. The summed E-state index contributed by atoms with van der Waals surface area (Å²) < 4.78 is 49.4. The molecule has 22 heteroatoms. The number of ether oxygens (including phenoxy) is 5. The third kappa shape index (κ3) is 10.3. The van der Waals surface area contributed by atoms with Gasteiger partial charge in [-0.1, -0.05) is 18.2 Å². The molecule has 2 aromatic heterocycles. The molecule has 9 N–H and O–H groups in total. The summed E-state index contributed by atoms with van der Waals surface area (Å²) in [6.45, 7) is 5.35. The summed E-state index contributed by atoms with van der Waals surface area (Å²) in [5, 5.41) is 77.8. The second-order valence-electron chi connectivity index (χ2n) is 13.5. The van der Waals surface area contributed by atoms with Gasteiger partial charge in [0.05, 0.1) is 38.3 Å². The molecule has 306 valence electrons. The van der Waals surface area contributed by atoms with Gasteiger partial charge in [0.25, 0.3) is 0 Å². The highest BCUT2D eigenvalue weighted by Gasteiger charge is 2.50. The number of para-hydroxylation sites is 1. The Bertz CT molecular complexity index is 1740. The minimum atomic E-state index is -3.83. The smallest absolute Gasteiger partial charge is 0.342 e. The monoisotopic (exact) mass is 800 g/mol. The molecule has 0 radical (unpaired) electrons. The number of carbonyl (C=O) groups is 1. The second kappa shape index (κ2) is 18.7. The number of nitrogens with one attached hydrogen (secondary N) is 2. The number of aliphatic hydroxyl groups is 7. The van der Waals surface area contributed by atoms with E-state index in [9.17, 15) is 45.1 Å². The van der Waals surface area contributed by atoms with Crippen LogP contribution in [-0.4, -0.2) is 160 Å². The Morgan fingerprint density at radius 1 is 0.909 bits per heavy atom. The van der Waals surface area contributed by atoms with Gasteiger partial charge >= 0.3 is 13.5 Å². The molecule has 2 saturated heterocycles. The highest BCUT2D eigenvalue weighted by Crippen LogP contribution is 2.44. The zero-order chi connectivity index (χ0) is 40.0. The molecule has 0 bridgehead atoms. The molecule has 4 heterocycles. The lowest BCUT2D eigenvalue weighted by Crippen LogP contribution is -2.65. The third-order valence-corrected chi connectivity index (χ3v) is 10.5. The Kier molecular flexibility index (Phi) is 14.5. The van der Waals surface area contributed by atoms with Crippen LogP contribution in [0, 0.1) is 0 Å². The summed E-state index contributed by atoms with van der Waals surface area (Å²) in [5.41, 5.74) is 0.561. The van der Waals surface area contributed by atoms with Gasteiger partial charge in [-0.25, -0.2) is 20.0 Å². The molecule has 0 spiro atoms. The van der Waals surface area contributed by atoms with E-state index in [2.05, 4.69) is 25.4 Å². The first-order valence-electron chi connectivity index (χ1n) is 17.6. The van der Waals surface area contributed by atoms with Crippen LogP contribution in [0.15, 0.2) is 43.0 Å². The SMILES string of the molecule is CC(C)OC(=O)C(C)N[P@](=O)(CO[C@H](C)Cn1cnc2c(N[C@H]3O[C@H](CO)[C@@H](O[C@@H]4O[C@H](CO)[C@H](O)C(O)[C@H]4O)[C@@H](O)[C@H]3O)ncnc21)Oc1ccccc1. The van der Waals surface area contributed by atoms with Crippen LogP contribution >= 0.6 is 7.52 Å². The molecule has 0 saturated carbocycles. The van der Waals surface area contributed by atoms with E-state index in [4.69, 9.17) is 28.2 Å². The number of aliphatic hydroxyl groups excluding tert-OH is 7. The number of hydrogen-bond acceptors (Lipinski definition) is 19. The van der Waals surface area contributed by atoms with Crippen LogP contribution in [0.3, 0.4) is 0 Å². The van der Waals surface area contributed by atoms with Crippen molar-refractivity contribution in [3.63, 3.8) is 0 Å². The van der Waals surface area contributed by atoms with Gasteiger partial charge in [0.15, 0.2) is 24.0 Å². The number of esters is 1. The lowest BCUT2D eigenvalue weighted by molar-refractivity contribution is -0.340. The molecule has 0 aliphatic carbocycles. The zero-order valence-corrected chi connectivity index (χ0v) is 31.4. The Morgan fingerprint density at radius 2 is 1.62 bits per heavy atom. The maximum Gasteiger partial charge on any atom is 0.342 e. The summed E-state index contributed by atoms with van der Waals surface area (Å²) in [6, 6.07) is 7.46. The van der Waals surface area contributed by atoms with Gasteiger partial charge in [0, 0.05) is 0 Å². The molecule has 5 rings (SSSR count). The van der Waals surface area contributed by atoms with Crippen LogP contribution in [0.4, 0.5) is 5.82 Å². The average Bonchev–Trinajstić information content (AvgIpc) is 3.57. The fourth-order valence-electron chi connectivity index (χ4n) is 5.94. The highest BCUT2D eigenvalue weighted by atomic mass is 31.2. The number of nitrogens with zero attached hydrogens (tertiary/aromatic N) is 4. The molecule has 2 fully saturated rings. The van der Waals surface area contributed by atoms with Crippen LogP contribution in [0.1, 0.15) is 27.7 Å². The molecule has 3 aromatic rings. The number of carbonyl (C=O) groups excluding carboxylic acids is 1. The molecule has 2 unspecified atom stereocenters. The Hall–Kier alpha value is -3.41. The van der Waals surface area contributed by atoms with Crippen molar-refractivity contribution in [1.82, 2.24) is 24.6 Å². The predicted molar refractivity (Wildman–Crippen MR) is 189 cm³/mol. The maximum absolute atomic E-state index is 14.0. The number of anilines is 1. The van der Waals surface area contributed by atoms with Gasteiger partial charge in [0.1, 0.15) is 78.8 Å². The Morgan fingerprint density at radius 3 is 2.29 bits per heavy atom. The summed E-state index contributed by atoms with van der Waals surface area (Å²) in [7, 11) is -3.83. The molecular formula is C33H49N6O15P. The van der Waals surface area contributed by atoms with Crippen molar-refractivity contribution in [1.29, 1.82) is 0 Å². The predicted octanol–water partition coefficient (Wildman–Crippen LogP) is -1.57. The van der Waals surface area contributed by atoms with Crippen molar-refractivity contribution in [2.24, 2.45) is 0 Å². The van der Waals surface area contributed by atoms with E-state index in [0.717, 1.165) is 0 Å². The second-order valence-corrected chi connectivity index (χ2v) is 15.6. The van der Waals surface area contributed by atoms with Gasteiger partial charge in [0.2, 0.25) is 0 Å². The summed E-state index contributed by atoms with van der Waals surface area (Å²) in [6.07, 6.45) is -14.5. The number of fused-ring (bicyclic) bond motifs is 1. The number of hydrogen-bond donors (Lipinski definition) is 9.